The zero-order valence-electron chi connectivity index (χ0n) is 20.9. The van der Waals surface area contributed by atoms with E-state index < -0.39 is 27.6 Å². The van der Waals surface area contributed by atoms with Gasteiger partial charge in [-0.25, -0.2) is 22.9 Å². The van der Waals surface area contributed by atoms with Gasteiger partial charge in [0, 0.05) is 19.5 Å². The van der Waals surface area contributed by atoms with Crippen LogP contribution in [0.25, 0.3) is 17.0 Å². The highest BCUT2D eigenvalue weighted by atomic mass is 32.2. The number of hydrogen-bond acceptors (Lipinski definition) is 6. The molecule has 1 heterocycles. The summed E-state index contributed by atoms with van der Waals surface area (Å²) in [5, 5.41) is 15.3. The standard InChI is InChI=1S/C26H31N5O6S/c1-2-3-14-38(36,37)31-22(25(33)34)16-23-29-21-12-11-18(15-20(21)24(32)30-23)10-7-13-27-26(35)28-17-19-8-5-4-6-9-19/h4-12,15,22,31H,2-3,13-14,16-17H2,1H3,(H,33,34)(H2,27,28,35)(H,29,30,32)/t22-/m0/s1. The monoisotopic (exact) mass is 541 g/mol. The maximum atomic E-state index is 12.7. The first kappa shape index (κ1) is 28.5. The zero-order valence-corrected chi connectivity index (χ0v) is 21.8. The topological polar surface area (TPSA) is 170 Å². The van der Waals surface area contributed by atoms with Crippen molar-refractivity contribution in [3.05, 3.63) is 81.9 Å². The van der Waals surface area contributed by atoms with Crippen molar-refractivity contribution in [1.29, 1.82) is 0 Å². The Morgan fingerprint density at radius 2 is 1.89 bits per heavy atom. The maximum Gasteiger partial charge on any atom is 0.322 e. The average molecular weight is 542 g/mol. The largest absolute Gasteiger partial charge is 0.480 e. The molecular weight excluding hydrogens is 510 g/mol. The Kier molecular flexibility index (Phi) is 10.1. The van der Waals surface area contributed by atoms with Crippen LogP contribution in [0.1, 0.15) is 36.7 Å². The third-order valence-corrected chi connectivity index (χ3v) is 7.02. The first-order valence-electron chi connectivity index (χ1n) is 12.1. The highest BCUT2D eigenvalue weighted by molar-refractivity contribution is 7.89. The summed E-state index contributed by atoms with van der Waals surface area (Å²) >= 11 is 0. The van der Waals surface area contributed by atoms with E-state index in [1.54, 1.807) is 30.4 Å². The summed E-state index contributed by atoms with van der Waals surface area (Å²) in [6, 6.07) is 12.7. The molecule has 38 heavy (non-hydrogen) atoms. The smallest absolute Gasteiger partial charge is 0.322 e. The minimum atomic E-state index is -3.79. The third-order valence-electron chi connectivity index (χ3n) is 5.55. The fourth-order valence-corrected chi connectivity index (χ4v) is 4.98. The molecule has 0 aliphatic heterocycles. The van der Waals surface area contributed by atoms with Crippen molar-refractivity contribution in [2.75, 3.05) is 12.3 Å². The number of aliphatic carboxylic acids is 1. The molecule has 2 amide bonds. The summed E-state index contributed by atoms with van der Waals surface area (Å²) in [4.78, 5) is 43.1. The first-order valence-corrected chi connectivity index (χ1v) is 13.8. The molecule has 0 saturated carbocycles. The number of aromatic nitrogens is 2. The number of sulfonamides is 1. The molecule has 0 spiro atoms. The highest BCUT2D eigenvalue weighted by Gasteiger charge is 2.25. The quantitative estimate of drug-likeness (QED) is 0.221. The van der Waals surface area contributed by atoms with Gasteiger partial charge in [-0.15, -0.1) is 0 Å². The van der Waals surface area contributed by atoms with Gasteiger partial charge in [0.05, 0.1) is 16.7 Å². The van der Waals surface area contributed by atoms with Crippen molar-refractivity contribution in [3.63, 3.8) is 0 Å². The number of carboxylic acids is 1. The van der Waals surface area contributed by atoms with Gasteiger partial charge in [0.2, 0.25) is 10.0 Å². The summed E-state index contributed by atoms with van der Waals surface area (Å²) in [7, 11) is -3.79. The number of nitrogens with zero attached hydrogens (tertiary/aromatic N) is 1. The lowest BCUT2D eigenvalue weighted by Gasteiger charge is -2.14. The van der Waals surface area contributed by atoms with Crippen LogP contribution in [0, 0.1) is 0 Å². The summed E-state index contributed by atoms with van der Waals surface area (Å²) < 4.78 is 26.5. The van der Waals surface area contributed by atoms with Gasteiger partial charge in [-0.2, -0.15) is 0 Å². The summed E-state index contributed by atoms with van der Waals surface area (Å²) in [5.41, 5.74) is 1.56. The van der Waals surface area contributed by atoms with E-state index in [9.17, 15) is 27.9 Å². The molecule has 1 atom stereocenters. The normalized spacial score (nSPS) is 12.4. The van der Waals surface area contributed by atoms with Gasteiger partial charge in [-0.3, -0.25) is 9.59 Å². The van der Waals surface area contributed by atoms with Crippen LogP contribution >= 0.6 is 0 Å². The molecule has 0 saturated heterocycles. The SMILES string of the molecule is CCCCS(=O)(=O)N[C@@H](Cc1nc2ccc(C=CCNC(=O)NCc3ccccc3)cc2c(=O)[nH]1)C(=O)O. The van der Waals surface area contributed by atoms with E-state index in [0.29, 0.717) is 35.9 Å². The number of benzene rings is 2. The number of carbonyl (C=O) groups is 2. The van der Waals surface area contributed by atoms with Crippen LogP contribution in [-0.2, 0) is 27.8 Å². The predicted molar refractivity (Wildman–Crippen MR) is 145 cm³/mol. The molecule has 0 aliphatic rings. The molecule has 0 unspecified atom stereocenters. The molecule has 5 N–H and O–H groups in total. The molecule has 0 fully saturated rings. The van der Waals surface area contributed by atoms with E-state index in [2.05, 4.69) is 25.3 Å². The number of amides is 2. The van der Waals surface area contributed by atoms with Crippen molar-refractivity contribution in [2.45, 2.75) is 38.8 Å². The van der Waals surface area contributed by atoms with Crippen LogP contribution in [0.3, 0.4) is 0 Å². The highest BCUT2D eigenvalue weighted by Crippen LogP contribution is 2.13. The molecule has 11 nitrogen and oxygen atoms in total. The van der Waals surface area contributed by atoms with Crippen LogP contribution in [-0.4, -0.2) is 53.8 Å². The van der Waals surface area contributed by atoms with Crippen LogP contribution < -0.4 is 20.9 Å². The van der Waals surface area contributed by atoms with Crippen LogP contribution in [0.4, 0.5) is 4.79 Å². The number of carboxylic acid groups (broad SMARTS) is 1. The Bertz CT molecular complexity index is 1450. The second-order valence-corrected chi connectivity index (χ2v) is 10.5. The van der Waals surface area contributed by atoms with Gasteiger partial charge >= 0.3 is 12.0 Å². The van der Waals surface area contributed by atoms with Crippen LogP contribution in [0.15, 0.2) is 59.4 Å². The van der Waals surface area contributed by atoms with Gasteiger partial charge in [-0.05, 0) is 29.7 Å². The van der Waals surface area contributed by atoms with E-state index in [1.807, 2.05) is 37.3 Å². The maximum absolute atomic E-state index is 12.7. The molecule has 202 valence electrons. The van der Waals surface area contributed by atoms with Crippen molar-refractivity contribution >= 4 is 39.0 Å². The van der Waals surface area contributed by atoms with Gasteiger partial charge in [0.25, 0.3) is 5.56 Å². The number of hydrogen-bond donors (Lipinski definition) is 5. The molecular formula is C26H31N5O6S. The Labute approximate surface area is 220 Å². The fraction of sp³-hybridized carbons (Fsp3) is 0.308. The number of nitrogens with one attached hydrogen (secondary N) is 4. The van der Waals surface area contributed by atoms with Crippen molar-refractivity contribution in [2.24, 2.45) is 0 Å². The third kappa shape index (κ3) is 8.82. The number of carbonyl (C=O) groups excluding carboxylic acids is 1. The van der Waals surface area contributed by atoms with E-state index in [4.69, 9.17) is 0 Å². The molecule has 3 aromatic rings. The lowest BCUT2D eigenvalue weighted by atomic mass is 10.1. The lowest BCUT2D eigenvalue weighted by Crippen LogP contribution is -2.43. The Hall–Kier alpha value is -4.03. The van der Waals surface area contributed by atoms with Gasteiger partial charge in [-0.1, -0.05) is 61.9 Å². The molecule has 12 heteroatoms. The molecule has 0 aliphatic carbocycles. The average Bonchev–Trinajstić information content (AvgIpc) is 2.89. The lowest BCUT2D eigenvalue weighted by molar-refractivity contribution is -0.139. The van der Waals surface area contributed by atoms with Gasteiger partial charge in [0.15, 0.2) is 0 Å². The van der Waals surface area contributed by atoms with Crippen molar-refractivity contribution in [1.82, 2.24) is 25.3 Å². The second-order valence-electron chi connectivity index (χ2n) is 8.63. The molecule has 2 aromatic carbocycles. The Morgan fingerprint density at radius 1 is 1.13 bits per heavy atom. The molecule has 3 rings (SSSR count). The number of unbranched alkanes of at least 4 members (excludes halogenated alkanes) is 1. The van der Waals surface area contributed by atoms with Crippen molar-refractivity contribution in [3.8, 4) is 0 Å². The second kappa shape index (κ2) is 13.5. The fourth-order valence-electron chi connectivity index (χ4n) is 3.58. The zero-order chi connectivity index (χ0) is 27.5. The number of fused-ring (bicyclic) bond motifs is 1. The van der Waals surface area contributed by atoms with E-state index in [0.717, 1.165) is 5.56 Å². The minimum Gasteiger partial charge on any atom is -0.480 e. The Morgan fingerprint density at radius 3 is 2.61 bits per heavy atom. The van der Waals surface area contributed by atoms with Crippen LogP contribution in [0.5, 0.6) is 0 Å². The van der Waals surface area contributed by atoms with E-state index in [-0.39, 0.29) is 30.6 Å². The van der Waals surface area contributed by atoms with Crippen molar-refractivity contribution < 1.29 is 23.1 Å². The minimum absolute atomic E-state index is 0.0575. The number of urea groups is 1. The first-order chi connectivity index (χ1) is 18.2. The van der Waals surface area contributed by atoms with E-state index in [1.165, 1.54) is 0 Å². The number of aromatic amines is 1. The summed E-state index contributed by atoms with van der Waals surface area (Å²) in [5.74, 6) is -1.49. The summed E-state index contributed by atoms with van der Waals surface area (Å²) in [6.07, 6.45) is 4.22. The molecule has 0 radical (unpaired) electrons. The van der Waals surface area contributed by atoms with Crippen LogP contribution in [0.2, 0.25) is 0 Å². The van der Waals surface area contributed by atoms with Gasteiger partial charge in [0.1, 0.15) is 11.9 Å². The molecule has 0 bridgehead atoms. The number of rotatable bonds is 13. The van der Waals surface area contributed by atoms with E-state index >= 15 is 0 Å². The number of H-pyrrole nitrogens is 1. The summed E-state index contributed by atoms with van der Waals surface area (Å²) in [6.45, 7) is 2.52. The Balaban J connectivity index is 1.61. The van der Waals surface area contributed by atoms with Gasteiger partial charge < -0.3 is 20.7 Å². The predicted octanol–water partition coefficient (Wildman–Crippen LogP) is 2.15. The molecule has 1 aromatic heterocycles.